The minimum absolute atomic E-state index is 0.0875. The molecule has 19 heavy (non-hydrogen) atoms. The van der Waals surface area contributed by atoms with Gasteiger partial charge in [-0.3, -0.25) is 4.79 Å². The molecule has 3 nitrogen and oxygen atoms in total. The molecule has 1 aromatic rings. The van der Waals surface area contributed by atoms with Gasteiger partial charge in [0.05, 0.1) is 12.1 Å². The van der Waals surface area contributed by atoms with Gasteiger partial charge in [-0.05, 0) is 28.4 Å². The third kappa shape index (κ3) is 4.04. The van der Waals surface area contributed by atoms with Gasteiger partial charge in [0.1, 0.15) is 0 Å². The average Bonchev–Trinajstić information content (AvgIpc) is 2.26. The molecule has 0 unspecified atom stereocenters. The number of rotatable bonds is 3. The van der Waals surface area contributed by atoms with Crippen LogP contribution in [-0.4, -0.2) is 15.4 Å². The van der Waals surface area contributed by atoms with E-state index in [4.69, 9.17) is 6.57 Å². The third-order valence-electron chi connectivity index (χ3n) is 2.36. The first-order chi connectivity index (χ1) is 8.55. The first-order valence-corrected chi connectivity index (χ1v) is 5.87. The second-order valence-electron chi connectivity index (χ2n) is 4.01. The van der Waals surface area contributed by atoms with Crippen LogP contribution in [0.25, 0.3) is 4.85 Å². The molecule has 1 atom stereocenters. The van der Waals surface area contributed by atoms with Crippen LogP contribution in [0.5, 0.6) is 0 Å². The molecule has 0 spiro atoms. The van der Waals surface area contributed by atoms with Crippen molar-refractivity contribution < 1.29 is 23.1 Å². The van der Waals surface area contributed by atoms with Crippen molar-refractivity contribution in [3.63, 3.8) is 0 Å². The number of hydrogen-bond acceptors (Lipinski definition) is 2. The van der Waals surface area contributed by atoms with Gasteiger partial charge in [0, 0.05) is 6.42 Å². The van der Waals surface area contributed by atoms with E-state index in [1.807, 2.05) is 0 Å². The number of halogens is 4. The van der Waals surface area contributed by atoms with Gasteiger partial charge in [0.25, 0.3) is 0 Å². The summed E-state index contributed by atoms with van der Waals surface area (Å²) in [5, 5.41) is 9.37. The molecule has 0 heterocycles. The van der Waals surface area contributed by atoms with Gasteiger partial charge in [-0.2, -0.15) is 13.2 Å². The van der Waals surface area contributed by atoms with Crippen molar-refractivity contribution in [3.05, 3.63) is 40.7 Å². The molecule has 1 rings (SSSR count). The molecule has 0 aliphatic carbocycles. The van der Waals surface area contributed by atoms with Gasteiger partial charge in [-0.15, -0.1) is 0 Å². The molecular formula is C12H9BrF3NO2. The van der Waals surface area contributed by atoms with Gasteiger partial charge in [0.15, 0.2) is 16.0 Å². The Labute approximate surface area is 116 Å². The summed E-state index contributed by atoms with van der Waals surface area (Å²) < 4.78 is 36.3. The maximum atomic E-state index is 12.7. The minimum Gasteiger partial charge on any atom is -0.372 e. The zero-order valence-corrected chi connectivity index (χ0v) is 11.3. The summed E-state index contributed by atoms with van der Waals surface area (Å²) in [6.45, 7) is 7.87. The molecule has 0 aliphatic heterocycles. The summed E-state index contributed by atoms with van der Waals surface area (Å²) >= 11 is 2.72. The first kappa shape index (κ1) is 15.7. The van der Waals surface area contributed by atoms with Crippen molar-refractivity contribution in [1.82, 2.24) is 0 Å². The number of alkyl halides is 4. The SMILES string of the molecule is [C-]#[N+]c1ccc(CC(=O)[C@@](C)(O)Br)cc1C(F)(F)F. The molecule has 1 aromatic carbocycles. The summed E-state index contributed by atoms with van der Waals surface area (Å²) in [5.74, 6) is -0.670. The smallest absolute Gasteiger partial charge is 0.372 e. The lowest BCUT2D eigenvalue weighted by atomic mass is 10.0. The number of nitrogens with zero attached hydrogens (tertiary/aromatic N) is 1. The van der Waals surface area contributed by atoms with Crippen molar-refractivity contribution in [2.75, 3.05) is 0 Å². The van der Waals surface area contributed by atoms with Crippen LogP contribution in [-0.2, 0) is 17.4 Å². The highest BCUT2D eigenvalue weighted by molar-refractivity contribution is 9.10. The number of hydrogen-bond donors (Lipinski definition) is 1. The fourth-order valence-electron chi connectivity index (χ4n) is 1.36. The van der Waals surface area contributed by atoms with Crippen LogP contribution in [0.3, 0.4) is 0 Å². The number of ketones is 1. The summed E-state index contributed by atoms with van der Waals surface area (Å²) in [5.41, 5.74) is -1.51. The molecule has 7 heteroatoms. The van der Waals surface area contributed by atoms with Crippen LogP contribution in [0.15, 0.2) is 18.2 Å². The van der Waals surface area contributed by atoms with Crippen LogP contribution >= 0.6 is 15.9 Å². The maximum absolute atomic E-state index is 12.7. The lowest BCUT2D eigenvalue weighted by Gasteiger charge is -2.15. The molecule has 0 radical (unpaired) electrons. The van der Waals surface area contributed by atoms with Crippen LogP contribution < -0.4 is 0 Å². The van der Waals surface area contributed by atoms with Crippen molar-refractivity contribution >= 4 is 27.4 Å². The quantitative estimate of drug-likeness (QED) is 0.678. The fraction of sp³-hybridized carbons (Fsp3) is 0.333. The second-order valence-corrected chi connectivity index (χ2v) is 5.56. The van der Waals surface area contributed by atoms with E-state index in [9.17, 15) is 23.1 Å². The van der Waals surface area contributed by atoms with E-state index >= 15 is 0 Å². The van der Waals surface area contributed by atoms with Gasteiger partial charge in [-0.1, -0.05) is 18.2 Å². The molecule has 0 bridgehead atoms. The van der Waals surface area contributed by atoms with Crippen molar-refractivity contribution in [1.29, 1.82) is 0 Å². The summed E-state index contributed by atoms with van der Waals surface area (Å²) in [6, 6.07) is 3.03. The molecule has 0 aliphatic rings. The monoisotopic (exact) mass is 335 g/mol. The number of carbonyl (C=O) groups is 1. The van der Waals surface area contributed by atoms with Crippen molar-refractivity contribution in [3.8, 4) is 0 Å². The lowest BCUT2D eigenvalue weighted by molar-refractivity contribution is -0.137. The maximum Gasteiger partial charge on any atom is 0.407 e. The van der Waals surface area contributed by atoms with Gasteiger partial charge < -0.3 is 5.11 Å². The van der Waals surface area contributed by atoms with E-state index < -0.39 is 27.7 Å². The molecular weight excluding hydrogens is 327 g/mol. The van der Waals surface area contributed by atoms with E-state index in [0.29, 0.717) is 0 Å². The summed E-state index contributed by atoms with van der Waals surface area (Å²) in [6.07, 6.45) is -5.02. The van der Waals surface area contributed by atoms with Crippen LogP contribution in [0.4, 0.5) is 18.9 Å². The third-order valence-corrected chi connectivity index (χ3v) is 2.80. The highest BCUT2D eigenvalue weighted by Gasteiger charge is 2.34. The van der Waals surface area contributed by atoms with Gasteiger partial charge in [0.2, 0.25) is 0 Å². The zero-order chi connectivity index (χ0) is 14.8. The Balaban J connectivity index is 3.14. The number of benzene rings is 1. The van der Waals surface area contributed by atoms with E-state index in [1.54, 1.807) is 0 Å². The Bertz CT molecular complexity index is 541. The minimum atomic E-state index is -4.66. The Morgan fingerprint density at radius 3 is 2.47 bits per heavy atom. The van der Waals surface area contributed by atoms with Crippen LogP contribution in [0.1, 0.15) is 18.1 Å². The molecule has 102 valence electrons. The van der Waals surface area contributed by atoms with E-state index in [0.717, 1.165) is 12.1 Å². The van der Waals surface area contributed by atoms with Crippen LogP contribution in [0, 0.1) is 6.57 Å². The summed E-state index contributed by atoms with van der Waals surface area (Å²) in [7, 11) is 0. The Morgan fingerprint density at radius 2 is 2.05 bits per heavy atom. The number of aliphatic hydroxyl groups is 1. The Hall–Kier alpha value is -1.39. The molecule has 0 saturated heterocycles. The normalized spacial score (nSPS) is 14.6. The first-order valence-electron chi connectivity index (χ1n) is 5.08. The predicted molar refractivity (Wildman–Crippen MR) is 66.0 cm³/mol. The average molecular weight is 336 g/mol. The van der Waals surface area contributed by atoms with Crippen molar-refractivity contribution in [2.24, 2.45) is 0 Å². The zero-order valence-electron chi connectivity index (χ0n) is 9.75. The molecule has 1 N–H and O–H groups in total. The standard InChI is InChI=1S/C12H9BrF3NO2/c1-11(13,19)10(18)6-7-3-4-9(17-2)8(5-7)12(14,15)16/h3-5,19H,6H2,1H3/t11-/m1/s1. The Morgan fingerprint density at radius 1 is 1.47 bits per heavy atom. The van der Waals surface area contributed by atoms with Gasteiger partial charge in [-0.25, -0.2) is 4.85 Å². The predicted octanol–water partition coefficient (Wildman–Crippen LogP) is 3.47. The number of carbonyl (C=O) groups excluding carboxylic acids is 1. The van der Waals surface area contributed by atoms with Crippen molar-refractivity contribution in [2.45, 2.75) is 24.0 Å². The number of Topliss-reactive ketones (excluding diaryl/α,β-unsaturated/α-hetero) is 1. The molecule has 0 fully saturated rings. The van der Waals surface area contributed by atoms with E-state index in [2.05, 4.69) is 20.8 Å². The highest BCUT2D eigenvalue weighted by atomic mass is 79.9. The fourth-order valence-corrected chi connectivity index (χ4v) is 1.50. The largest absolute Gasteiger partial charge is 0.407 e. The molecule has 0 amide bonds. The van der Waals surface area contributed by atoms with E-state index in [1.165, 1.54) is 13.0 Å². The van der Waals surface area contributed by atoms with Gasteiger partial charge >= 0.3 is 6.18 Å². The lowest BCUT2D eigenvalue weighted by Crippen LogP contribution is -2.29. The van der Waals surface area contributed by atoms with E-state index in [-0.39, 0.29) is 12.0 Å². The molecule has 0 aromatic heterocycles. The second kappa shape index (κ2) is 5.31. The van der Waals surface area contributed by atoms with Crippen LogP contribution in [0.2, 0.25) is 0 Å². The topological polar surface area (TPSA) is 41.7 Å². The Kier molecular flexibility index (Phi) is 4.38. The molecule has 0 saturated carbocycles. The highest BCUT2D eigenvalue weighted by Crippen LogP contribution is 2.37. The summed E-state index contributed by atoms with van der Waals surface area (Å²) in [4.78, 5) is 14.3.